The number of aliphatic hydroxyl groups excluding tert-OH is 1. The van der Waals surface area contributed by atoms with Gasteiger partial charge in [0, 0.05) is 68.0 Å². The summed E-state index contributed by atoms with van der Waals surface area (Å²) in [6.07, 6.45) is 2.37. The summed E-state index contributed by atoms with van der Waals surface area (Å²) in [4.78, 5) is 30.4. The highest BCUT2D eigenvalue weighted by molar-refractivity contribution is 6.13. The number of hydrogen-bond donors (Lipinski definition) is 2. The molecule has 5 rings (SSSR count). The quantitative estimate of drug-likeness (QED) is 0.428. The van der Waals surface area contributed by atoms with E-state index >= 15 is 0 Å². The first kappa shape index (κ1) is 25.4. The van der Waals surface area contributed by atoms with Gasteiger partial charge in [0.15, 0.2) is 5.78 Å². The monoisotopic (exact) mass is 506 g/mol. The van der Waals surface area contributed by atoms with Gasteiger partial charge in [0.25, 0.3) is 5.91 Å². The number of carbonyl (C=O) groups excluding carboxylic acids is 2. The van der Waals surface area contributed by atoms with Crippen LogP contribution >= 0.6 is 0 Å². The van der Waals surface area contributed by atoms with Gasteiger partial charge in [-0.2, -0.15) is 0 Å². The molecule has 0 radical (unpaired) electrons. The molecular formula is C29H35FN4O3. The van der Waals surface area contributed by atoms with Gasteiger partial charge in [-0.1, -0.05) is 12.1 Å². The number of halogens is 1. The first-order chi connectivity index (χ1) is 17.9. The van der Waals surface area contributed by atoms with Crippen LogP contribution in [0.15, 0.2) is 36.4 Å². The molecule has 196 valence electrons. The number of aromatic nitrogens is 1. The minimum absolute atomic E-state index is 0.0104. The minimum atomic E-state index is -0.280. The zero-order chi connectivity index (χ0) is 26.1. The van der Waals surface area contributed by atoms with E-state index in [1.54, 1.807) is 19.1 Å². The van der Waals surface area contributed by atoms with E-state index in [2.05, 4.69) is 14.8 Å². The van der Waals surface area contributed by atoms with Crippen molar-refractivity contribution in [3.8, 4) is 0 Å². The van der Waals surface area contributed by atoms with Crippen molar-refractivity contribution in [3.63, 3.8) is 0 Å². The first-order valence-electron chi connectivity index (χ1n) is 13.1. The van der Waals surface area contributed by atoms with Crippen LogP contribution in [0, 0.1) is 18.7 Å². The van der Waals surface area contributed by atoms with Crippen LogP contribution in [0.5, 0.6) is 0 Å². The van der Waals surface area contributed by atoms with Crippen molar-refractivity contribution in [1.29, 1.82) is 0 Å². The summed E-state index contributed by atoms with van der Waals surface area (Å²) in [6.45, 7) is 8.25. The number of anilines is 1. The predicted octanol–water partition coefficient (Wildman–Crippen LogP) is 4.06. The Morgan fingerprint density at radius 3 is 2.41 bits per heavy atom. The lowest BCUT2D eigenvalue weighted by Crippen LogP contribution is -2.49. The summed E-state index contributed by atoms with van der Waals surface area (Å²) < 4.78 is 15.7. The Hall–Kier alpha value is -3.23. The number of carbonyl (C=O) groups is 2. The zero-order valence-corrected chi connectivity index (χ0v) is 21.6. The fourth-order valence-electron chi connectivity index (χ4n) is 5.40. The molecule has 0 atom stereocenters. The Labute approximate surface area is 216 Å². The molecule has 1 aromatic heterocycles. The molecule has 2 fully saturated rings. The van der Waals surface area contributed by atoms with E-state index in [-0.39, 0.29) is 24.1 Å². The van der Waals surface area contributed by atoms with E-state index in [0.717, 1.165) is 47.5 Å². The topological polar surface area (TPSA) is 77.8 Å². The molecule has 2 heterocycles. The average molecular weight is 507 g/mol. The van der Waals surface area contributed by atoms with Crippen molar-refractivity contribution in [1.82, 2.24) is 14.4 Å². The van der Waals surface area contributed by atoms with Crippen molar-refractivity contribution in [2.24, 2.45) is 5.92 Å². The maximum atomic E-state index is 13.6. The SMILES string of the molecule is CC(=O)c1c(C)n(CC2CC2)c2c(NCc3ccc(F)cc3)cc(C(=O)N3CCN(CCO)CC3)cc12. The average Bonchev–Trinajstić information content (AvgIpc) is 3.66. The molecule has 0 bridgehead atoms. The second-order valence-electron chi connectivity index (χ2n) is 10.3. The number of β-amino-alcohol motifs (C(OH)–C–C–N with tert-alkyl or cyclic N) is 1. The lowest BCUT2D eigenvalue weighted by atomic mass is 10.0. The van der Waals surface area contributed by atoms with Gasteiger partial charge in [0.2, 0.25) is 0 Å². The van der Waals surface area contributed by atoms with Gasteiger partial charge in [-0.3, -0.25) is 14.5 Å². The van der Waals surface area contributed by atoms with Crippen molar-refractivity contribution >= 4 is 28.3 Å². The van der Waals surface area contributed by atoms with Crippen molar-refractivity contribution in [2.75, 3.05) is 44.6 Å². The smallest absolute Gasteiger partial charge is 0.254 e. The molecule has 37 heavy (non-hydrogen) atoms. The van der Waals surface area contributed by atoms with Gasteiger partial charge in [-0.15, -0.1) is 0 Å². The van der Waals surface area contributed by atoms with E-state index in [1.807, 2.05) is 24.0 Å². The lowest BCUT2D eigenvalue weighted by Gasteiger charge is -2.34. The van der Waals surface area contributed by atoms with Crippen LogP contribution in [-0.2, 0) is 13.1 Å². The molecule has 1 saturated heterocycles. The summed E-state index contributed by atoms with van der Waals surface area (Å²) >= 11 is 0. The molecule has 1 saturated carbocycles. The molecule has 2 N–H and O–H groups in total. The zero-order valence-electron chi connectivity index (χ0n) is 21.6. The molecule has 1 aliphatic carbocycles. The fraction of sp³-hybridized carbons (Fsp3) is 0.448. The van der Waals surface area contributed by atoms with Crippen LogP contribution in [0.4, 0.5) is 10.1 Å². The Morgan fingerprint density at radius 1 is 1.08 bits per heavy atom. The summed E-state index contributed by atoms with van der Waals surface area (Å²) in [7, 11) is 0. The number of benzene rings is 2. The Bertz CT molecular complexity index is 1310. The molecule has 7 nitrogen and oxygen atoms in total. The summed E-state index contributed by atoms with van der Waals surface area (Å²) in [6, 6.07) is 10.2. The molecule has 1 amide bonds. The Morgan fingerprint density at radius 2 is 1.78 bits per heavy atom. The fourth-order valence-corrected chi connectivity index (χ4v) is 5.40. The minimum Gasteiger partial charge on any atom is -0.395 e. The normalized spacial score (nSPS) is 16.4. The molecule has 3 aromatic rings. The Balaban J connectivity index is 1.54. The van der Waals surface area contributed by atoms with E-state index in [9.17, 15) is 19.1 Å². The largest absolute Gasteiger partial charge is 0.395 e. The number of piperazine rings is 1. The molecule has 0 unspecified atom stereocenters. The van der Waals surface area contributed by atoms with Gasteiger partial charge in [0.1, 0.15) is 5.82 Å². The predicted molar refractivity (Wildman–Crippen MR) is 143 cm³/mol. The number of aliphatic hydroxyl groups is 1. The lowest BCUT2D eigenvalue weighted by molar-refractivity contribution is 0.0615. The van der Waals surface area contributed by atoms with Crippen LogP contribution in [0.2, 0.25) is 0 Å². The highest BCUT2D eigenvalue weighted by Crippen LogP contribution is 2.38. The highest BCUT2D eigenvalue weighted by atomic mass is 19.1. The number of amides is 1. The van der Waals surface area contributed by atoms with Crippen LogP contribution in [0.1, 0.15) is 51.7 Å². The number of hydrogen-bond acceptors (Lipinski definition) is 5. The van der Waals surface area contributed by atoms with Crippen molar-refractivity contribution in [2.45, 2.75) is 39.8 Å². The molecule has 2 aromatic carbocycles. The highest BCUT2D eigenvalue weighted by Gasteiger charge is 2.29. The van der Waals surface area contributed by atoms with Crippen LogP contribution < -0.4 is 5.32 Å². The van der Waals surface area contributed by atoms with Gasteiger partial charge < -0.3 is 19.9 Å². The first-order valence-corrected chi connectivity index (χ1v) is 13.1. The molecule has 2 aliphatic rings. The molecule has 8 heteroatoms. The third kappa shape index (κ3) is 5.40. The third-order valence-electron chi connectivity index (χ3n) is 7.62. The van der Waals surface area contributed by atoms with Crippen molar-refractivity contribution in [3.05, 3.63) is 64.6 Å². The maximum absolute atomic E-state index is 13.6. The van der Waals surface area contributed by atoms with Gasteiger partial charge in [-0.05, 0) is 62.4 Å². The number of fused-ring (bicyclic) bond motifs is 1. The van der Waals surface area contributed by atoms with E-state index in [4.69, 9.17) is 0 Å². The summed E-state index contributed by atoms with van der Waals surface area (Å²) in [5.74, 6) is 0.259. The second-order valence-corrected chi connectivity index (χ2v) is 10.3. The van der Waals surface area contributed by atoms with E-state index < -0.39 is 0 Å². The molecule has 0 spiro atoms. The van der Waals surface area contributed by atoms with E-state index in [0.29, 0.717) is 43.2 Å². The standard InChI is InChI=1S/C29H35FN4O3/c1-19-27(20(2)36)25-15-23(29(37)33-11-9-32(10-12-33)13-14-35)16-26(28(25)34(19)18-22-3-4-22)31-17-21-5-7-24(30)8-6-21/h5-8,15-16,22,31,35H,3-4,9-14,17-18H2,1-2H3. The number of rotatable bonds is 9. The van der Waals surface area contributed by atoms with Crippen LogP contribution in [-0.4, -0.2) is 70.5 Å². The third-order valence-corrected chi connectivity index (χ3v) is 7.62. The van der Waals surface area contributed by atoms with Gasteiger partial charge in [-0.25, -0.2) is 4.39 Å². The summed E-state index contributed by atoms with van der Waals surface area (Å²) in [5.41, 5.74) is 4.83. The number of nitrogens with one attached hydrogen (secondary N) is 1. The molecular weight excluding hydrogens is 471 g/mol. The molecule has 1 aliphatic heterocycles. The summed E-state index contributed by atoms with van der Waals surface area (Å²) in [5, 5.41) is 13.5. The van der Waals surface area contributed by atoms with Crippen LogP contribution in [0.3, 0.4) is 0 Å². The maximum Gasteiger partial charge on any atom is 0.254 e. The Kier molecular flexibility index (Phi) is 7.31. The van der Waals surface area contributed by atoms with Crippen LogP contribution in [0.25, 0.3) is 10.9 Å². The van der Waals surface area contributed by atoms with Crippen molar-refractivity contribution < 1.29 is 19.1 Å². The number of nitrogens with zero attached hydrogens (tertiary/aromatic N) is 3. The van der Waals surface area contributed by atoms with Gasteiger partial charge >= 0.3 is 0 Å². The second kappa shape index (κ2) is 10.6. The number of ketones is 1. The number of Topliss-reactive ketones (excluding diaryl/α,β-unsaturated/α-hetero) is 1. The van der Waals surface area contributed by atoms with Gasteiger partial charge in [0.05, 0.1) is 17.8 Å². The van der Waals surface area contributed by atoms with E-state index in [1.165, 1.54) is 25.0 Å².